The van der Waals surface area contributed by atoms with Crippen LogP contribution in [-0.4, -0.2) is 58.0 Å². The van der Waals surface area contributed by atoms with E-state index >= 15 is 0 Å². The highest BCUT2D eigenvalue weighted by molar-refractivity contribution is 6.35. The number of amides is 2. The Morgan fingerprint density at radius 1 is 1.16 bits per heavy atom. The van der Waals surface area contributed by atoms with Crippen molar-refractivity contribution in [2.45, 2.75) is 56.4 Å². The number of nitrogens with one attached hydrogen (secondary N) is 2. The summed E-state index contributed by atoms with van der Waals surface area (Å²) in [4.78, 5) is 25.9. The van der Waals surface area contributed by atoms with E-state index in [-0.39, 0.29) is 17.5 Å². The number of aromatic amines is 1. The van der Waals surface area contributed by atoms with E-state index in [0.29, 0.717) is 21.7 Å². The first-order chi connectivity index (χ1) is 18.5. The topological polar surface area (TPSA) is 64.3 Å². The average molecular weight is 553 g/mol. The summed E-state index contributed by atoms with van der Waals surface area (Å²) in [5.74, 6) is 1.51. The third-order valence-electron chi connectivity index (χ3n) is 8.81. The lowest BCUT2D eigenvalue weighted by Crippen LogP contribution is -2.46. The molecular weight excluding hydrogens is 517 g/mol. The number of H-pyrrole nitrogens is 1. The maximum Gasteiger partial charge on any atom is 0.322 e. The van der Waals surface area contributed by atoms with Crippen molar-refractivity contribution >= 4 is 34.9 Å². The Bertz CT molecular complexity index is 1260. The number of halogens is 2. The molecule has 8 heteroatoms. The molecule has 1 aromatic heterocycles. The molecule has 0 radical (unpaired) electrons. The van der Waals surface area contributed by atoms with Gasteiger partial charge in [-0.25, -0.2) is 9.78 Å². The fraction of sp³-hybridized carbons (Fsp3) is 0.467. The van der Waals surface area contributed by atoms with Crippen molar-refractivity contribution in [3.63, 3.8) is 0 Å². The van der Waals surface area contributed by atoms with Crippen LogP contribution in [0.25, 0.3) is 11.4 Å². The molecule has 1 saturated heterocycles. The van der Waals surface area contributed by atoms with Gasteiger partial charge >= 0.3 is 6.03 Å². The van der Waals surface area contributed by atoms with Crippen molar-refractivity contribution in [2.75, 3.05) is 31.5 Å². The first-order valence-electron chi connectivity index (χ1n) is 13.9. The molecule has 0 bridgehead atoms. The van der Waals surface area contributed by atoms with E-state index in [0.717, 1.165) is 50.2 Å². The monoisotopic (exact) mass is 551 g/mol. The Balaban J connectivity index is 1.15. The number of anilines is 1. The summed E-state index contributed by atoms with van der Waals surface area (Å²) in [5.41, 5.74) is 3.42. The predicted molar refractivity (Wildman–Crippen MR) is 154 cm³/mol. The third-order valence-corrected chi connectivity index (χ3v) is 9.25. The minimum absolute atomic E-state index is 0.0530. The van der Waals surface area contributed by atoms with Crippen molar-refractivity contribution in [2.24, 2.45) is 5.92 Å². The van der Waals surface area contributed by atoms with Crippen LogP contribution in [0.1, 0.15) is 50.5 Å². The fourth-order valence-electron chi connectivity index (χ4n) is 6.79. The second-order valence-corrected chi connectivity index (χ2v) is 12.1. The molecular formula is C30H35Cl2N5O. The number of aromatic nitrogens is 2. The van der Waals surface area contributed by atoms with Gasteiger partial charge in [0.15, 0.2) is 0 Å². The molecule has 6 nitrogen and oxygen atoms in total. The average Bonchev–Trinajstić information content (AvgIpc) is 3.24. The zero-order valence-corrected chi connectivity index (χ0v) is 23.1. The number of rotatable bonds is 8. The summed E-state index contributed by atoms with van der Waals surface area (Å²) in [6.07, 6.45) is 11.6. The maximum absolute atomic E-state index is 13.6. The van der Waals surface area contributed by atoms with Gasteiger partial charge in [-0.3, -0.25) is 0 Å². The summed E-state index contributed by atoms with van der Waals surface area (Å²) >= 11 is 12.4. The minimum Gasteiger partial charge on any atom is -0.345 e. The van der Waals surface area contributed by atoms with Gasteiger partial charge in [-0.2, -0.15) is 0 Å². The Kier molecular flexibility index (Phi) is 7.39. The molecule has 2 amide bonds. The highest BCUT2D eigenvalue weighted by atomic mass is 35.5. The minimum atomic E-state index is -0.0530. The predicted octanol–water partition coefficient (Wildman–Crippen LogP) is 7.21. The van der Waals surface area contributed by atoms with Gasteiger partial charge in [-0.05, 0) is 106 Å². The Morgan fingerprint density at radius 2 is 1.97 bits per heavy atom. The van der Waals surface area contributed by atoms with Crippen molar-refractivity contribution < 1.29 is 4.79 Å². The molecule has 2 heterocycles. The molecule has 2 aromatic carbocycles. The highest BCUT2D eigenvalue weighted by Crippen LogP contribution is 2.63. The number of hydrogen-bond donors (Lipinski definition) is 2. The van der Waals surface area contributed by atoms with Gasteiger partial charge in [-0.1, -0.05) is 41.4 Å². The van der Waals surface area contributed by atoms with Crippen molar-refractivity contribution in [3.8, 4) is 11.4 Å². The van der Waals surface area contributed by atoms with Crippen LogP contribution in [0.2, 0.25) is 10.0 Å². The molecule has 1 unspecified atom stereocenters. The molecule has 38 heavy (non-hydrogen) atoms. The van der Waals surface area contributed by atoms with Gasteiger partial charge in [0.05, 0.1) is 0 Å². The third kappa shape index (κ3) is 5.45. The smallest absolute Gasteiger partial charge is 0.322 e. The van der Waals surface area contributed by atoms with Gasteiger partial charge in [0.1, 0.15) is 5.82 Å². The van der Waals surface area contributed by atoms with E-state index in [9.17, 15) is 4.79 Å². The zero-order valence-electron chi connectivity index (χ0n) is 21.6. The molecule has 0 spiro atoms. The van der Waals surface area contributed by atoms with E-state index in [1.165, 1.54) is 37.9 Å². The van der Waals surface area contributed by atoms with Crippen LogP contribution in [0, 0.1) is 5.92 Å². The molecule has 3 atom stereocenters. The zero-order chi connectivity index (χ0) is 26.1. The van der Waals surface area contributed by atoms with E-state index in [1.54, 1.807) is 24.4 Å². The second-order valence-electron chi connectivity index (χ2n) is 11.2. The molecule has 6 rings (SSSR count). The number of nitrogens with zero attached hydrogens (tertiary/aromatic N) is 3. The molecule has 200 valence electrons. The number of carbonyl (C=O) groups is 1. The fourth-order valence-corrected chi connectivity index (χ4v) is 7.31. The van der Waals surface area contributed by atoms with Crippen LogP contribution in [-0.2, 0) is 5.41 Å². The normalized spacial score (nSPS) is 24.7. The molecule has 3 aliphatic rings. The Morgan fingerprint density at radius 3 is 2.71 bits per heavy atom. The summed E-state index contributed by atoms with van der Waals surface area (Å²) in [6, 6.07) is 14.2. The maximum atomic E-state index is 13.6. The molecule has 1 aliphatic heterocycles. The Hall–Kier alpha value is -2.54. The van der Waals surface area contributed by atoms with Crippen LogP contribution >= 0.6 is 23.2 Å². The van der Waals surface area contributed by atoms with Crippen molar-refractivity contribution in [1.82, 2.24) is 19.8 Å². The van der Waals surface area contributed by atoms with Gasteiger partial charge < -0.3 is 20.1 Å². The number of likely N-dealkylation sites (tertiary alicyclic amines) is 1. The number of carbonyl (C=O) groups excluding carboxylic acids is 1. The van der Waals surface area contributed by atoms with E-state index < -0.39 is 0 Å². The SMILES string of the molecule is O=C(Nc1cc(Cl)cc(Cl)c1)N(CCCN1CCCC1)[C@@H]1CC[C@]2(c3cccc(-c4ncc[nH]4)c3)CC2C1. The van der Waals surface area contributed by atoms with Gasteiger partial charge in [0, 0.05) is 46.3 Å². The van der Waals surface area contributed by atoms with Crippen molar-refractivity contribution in [3.05, 3.63) is 70.5 Å². The summed E-state index contributed by atoms with van der Waals surface area (Å²) < 4.78 is 0. The molecule has 2 N–H and O–H groups in total. The summed E-state index contributed by atoms with van der Waals surface area (Å²) in [7, 11) is 0. The van der Waals surface area contributed by atoms with Crippen LogP contribution in [0.3, 0.4) is 0 Å². The van der Waals surface area contributed by atoms with Crippen LogP contribution < -0.4 is 5.32 Å². The summed E-state index contributed by atoms with van der Waals surface area (Å²) in [6.45, 7) is 4.16. The highest BCUT2D eigenvalue weighted by Gasteiger charge is 2.58. The van der Waals surface area contributed by atoms with Crippen molar-refractivity contribution in [1.29, 1.82) is 0 Å². The van der Waals surface area contributed by atoms with E-state index in [4.69, 9.17) is 23.2 Å². The quantitative estimate of drug-likeness (QED) is 0.310. The standard InChI is InChI=1S/C30H35Cl2N5O/c31-24-17-25(32)19-26(18-24)35-29(38)37(14-4-13-36-11-1-2-12-36)27-7-8-30(20-23(30)16-27)22-6-3-5-21(15-22)28-33-9-10-34-28/h3,5-6,9-10,15,17-19,23,27H,1-2,4,7-8,11-14,16,20H2,(H,33,34)(H,35,38)/t23?,27-,30-/m1/s1. The number of fused-ring (bicyclic) bond motifs is 1. The molecule has 3 fully saturated rings. The van der Waals surface area contributed by atoms with E-state index in [1.807, 2.05) is 6.20 Å². The van der Waals surface area contributed by atoms with Gasteiger partial charge in [0.25, 0.3) is 0 Å². The number of benzene rings is 2. The van der Waals surface area contributed by atoms with Crippen LogP contribution in [0.4, 0.5) is 10.5 Å². The second kappa shape index (κ2) is 10.9. The first kappa shape index (κ1) is 25.7. The first-order valence-corrected chi connectivity index (χ1v) is 14.6. The Labute approximate surface area is 234 Å². The lowest BCUT2D eigenvalue weighted by atomic mass is 9.80. The van der Waals surface area contributed by atoms with E-state index in [2.05, 4.69) is 49.4 Å². The molecule has 2 aliphatic carbocycles. The van der Waals surface area contributed by atoms with Crippen LogP contribution in [0.5, 0.6) is 0 Å². The lowest BCUT2D eigenvalue weighted by Gasteiger charge is -2.37. The molecule has 2 saturated carbocycles. The number of imidazole rings is 1. The molecule has 3 aromatic rings. The largest absolute Gasteiger partial charge is 0.345 e. The summed E-state index contributed by atoms with van der Waals surface area (Å²) in [5, 5.41) is 4.12. The lowest BCUT2D eigenvalue weighted by molar-refractivity contribution is 0.156. The van der Waals surface area contributed by atoms with Gasteiger partial charge in [0.2, 0.25) is 0 Å². The van der Waals surface area contributed by atoms with Gasteiger partial charge in [-0.15, -0.1) is 0 Å². The number of hydrogen-bond acceptors (Lipinski definition) is 3. The number of urea groups is 1. The van der Waals surface area contributed by atoms with Crippen LogP contribution in [0.15, 0.2) is 54.9 Å².